The summed E-state index contributed by atoms with van der Waals surface area (Å²) < 4.78 is 15.4. The number of ether oxygens (including phenoxy) is 3. The van der Waals surface area contributed by atoms with Gasteiger partial charge in [0.1, 0.15) is 12.7 Å². The van der Waals surface area contributed by atoms with Gasteiger partial charge in [0.15, 0.2) is 17.0 Å². The maximum atomic E-state index is 12.5. The van der Waals surface area contributed by atoms with E-state index < -0.39 is 40.9 Å². The summed E-state index contributed by atoms with van der Waals surface area (Å²) in [6, 6.07) is 0. The zero-order chi connectivity index (χ0) is 22.0. The highest BCUT2D eigenvalue weighted by molar-refractivity contribution is 5.99. The van der Waals surface area contributed by atoms with Crippen LogP contribution in [0.4, 0.5) is 0 Å². The predicted octanol–water partition coefficient (Wildman–Crippen LogP) is -0.171. The first-order chi connectivity index (χ1) is 13.5. The Morgan fingerprint density at radius 1 is 1.48 bits per heavy atom. The van der Waals surface area contributed by atoms with Crippen LogP contribution in [0.15, 0.2) is 11.6 Å². The molecule has 0 spiro atoms. The largest absolute Gasteiger partial charge is 0.467 e. The Morgan fingerprint density at radius 2 is 2.10 bits per heavy atom. The average molecular weight is 413 g/mol. The summed E-state index contributed by atoms with van der Waals surface area (Å²) in [7, 11) is 3.11. The minimum Gasteiger partial charge on any atom is -0.467 e. The van der Waals surface area contributed by atoms with Gasteiger partial charge in [0.05, 0.1) is 13.2 Å². The summed E-state index contributed by atoms with van der Waals surface area (Å²) in [6.45, 7) is 5.33. The van der Waals surface area contributed by atoms with Gasteiger partial charge in [-0.05, 0) is 39.7 Å². The number of rotatable bonds is 7. The first-order valence-electron chi connectivity index (χ1n) is 9.71. The van der Waals surface area contributed by atoms with E-state index in [0.29, 0.717) is 19.5 Å². The third-order valence-corrected chi connectivity index (χ3v) is 5.91. The second-order valence-electron chi connectivity index (χ2n) is 8.13. The van der Waals surface area contributed by atoms with E-state index in [1.54, 1.807) is 19.9 Å². The van der Waals surface area contributed by atoms with E-state index in [2.05, 4.69) is 0 Å². The maximum Gasteiger partial charge on any atom is 0.340 e. The lowest BCUT2D eigenvalue weighted by Gasteiger charge is -2.30. The SMILES string of the molecule is COC(=O)[C@]1(C[C@@H](C)[C@@](C)(O)C(=O)OC/C2=C/CN(C)CC[C@@H](O)C2=O)O[C@@H]1C. The molecule has 2 aliphatic rings. The monoisotopic (exact) mass is 413 g/mol. The van der Waals surface area contributed by atoms with Gasteiger partial charge in [-0.3, -0.25) is 4.79 Å². The van der Waals surface area contributed by atoms with E-state index in [9.17, 15) is 24.6 Å². The van der Waals surface area contributed by atoms with Crippen LogP contribution in [0.1, 0.15) is 33.6 Å². The molecule has 0 unspecified atom stereocenters. The number of likely N-dealkylation sites (N-methyl/N-ethyl adjacent to an activating group) is 1. The number of methoxy groups -OCH3 is 1. The summed E-state index contributed by atoms with van der Waals surface area (Å²) >= 11 is 0. The fraction of sp³-hybridized carbons (Fsp3) is 0.750. The lowest BCUT2D eigenvalue weighted by molar-refractivity contribution is -0.170. The second kappa shape index (κ2) is 8.91. The molecule has 0 aromatic carbocycles. The molecule has 9 heteroatoms. The third-order valence-electron chi connectivity index (χ3n) is 5.91. The van der Waals surface area contributed by atoms with Gasteiger partial charge in [0, 0.05) is 18.7 Å². The van der Waals surface area contributed by atoms with Gasteiger partial charge in [0.2, 0.25) is 0 Å². The van der Waals surface area contributed by atoms with E-state index in [1.807, 2.05) is 11.9 Å². The van der Waals surface area contributed by atoms with Crippen LogP contribution in [0.5, 0.6) is 0 Å². The molecule has 2 rings (SSSR count). The molecule has 2 N–H and O–H groups in total. The van der Waals surface area contributed by atoms with Crippen LogP contribution in [0, 0.1) is 5.92 Å². The zero-order valence-electron chi connectivity index (χ0n) is 17.6. The molecule has 2 aliphatic heterocycles. The van der Waals surface area contributed by atoms with Crippen LogP contribution in [0.25, 0.3) is 0 Å². The molecular formula is C20H31NO8. The van der Waals surface area contributed by atoms with Gasteiger partial charge < -0.3 is 29.3 Å². The number of hydrogen-bond acceptors (Lipinski definition) is 9. The number of nitrogens with zero attached hydrogens (tertiary/aromatic N) is 1. The summed E-state index contributed by atoms with van der Waals surface area (Å²) in [6.07, 6.45) is 0.454. The number of carbonyl (C=O) groups is 3. The minimum atomic E-state index is -1.91. The Hall–Kier alpha value is -1.81. The van der Waals surface area contributed by atoms with Crippen molar-refractivity contribution in [1.82, 2.24) is 4.90 Å². The van der Waals surface area contributed by atoms with Crippen LogP contribution < -0.4 is 0 Å². The van der Waals surface area contributed by atoms with Crippen molar-refractivity contribution in [1.29, 1.82) is 0 Å². The number of esters is 2. The number of aliphatic hydroxyl groups excluding tert-OH is 1. The van der Waals surface area contributed by atoms with Gasteiger partial charge in [-0.1, -0.05) is 13.0 Å². The molecular weight excluding hydrogens is 382 g/mol. The van der Waals surface area contributed by atoms with Crippen LogP contribution in [0.3, 0.4) is 0 Å². The first-order valence-corrected chi connectivity index (χ1v) is 9.71. The molecule has 2 heterocycles. The molecule has 1 fully saturated rings. The Balaban J connectivity index is 2.02. The van der Waals surface area contributed by atoms with Crippen molar-refractivity contribution < 1.29 is 38.8 Å². The quantitative estimate of drug-likeness (QED) is 0.432. The van der Waals surface area contributed by atoms with Crippen LogP contribution in [-0.4, -0.2) is 90.1 Å². The number of Topliss-reactive ketones (excluding diaryl/α,β-unsaturated/α-hetero) is 1. The minimum absolute atomic E-state index is 0.0775. The zero-order valence-corrected chi connectivity index (χ0v) is 17.6. The topological polar surface area (TPSA) is 126 Å². The fourth-order valence-corrected chi connectivity index (χ4v) is 3.39. The normalized spacial score (nSPS) is 32.8. The smallest absolute Gasteiger partial charge is 0.340 e. The standard InChI is InChI=1S/C20H31NO8/c1-12(10-20(13(2)29-20)18(25)27-5)19(3,26)17(24)28-11-14-6-8-21(4)9-7-15(22)16(14)23/h6,12-13,15,22,26H,7-11H2,1-5H3/b14-6-/t12-,13-,15-,19-,20-/m1/s1. The Kier molecular flexibility index (Phi) is 7.21. The second-order valence-corrected chi connectivity index (χ2v) is 8.13. The van der Waals surface area contributed by atoms with E-state index >= 15 is 0 Å². The Bertz CT molecular complexity index is 688. The van der Waals surface area contributed by atoms with Gasteiger partial charge in [-0.2, -0.15) is 0 Å². The molecule has 0 radical (unpaired) electrons. The number of hydrogen-bond donors (Lipinski definition) is 2. The summed E-state index contributed by atoms with van der Waals surface area (Å²) in [4.78, 5) is 38.8. The molecule has 29 heavy (non-hydrogen) atoms. The van der Waals surface area contributed by atoms with E-state index in [4.69, 9.17) is 14.2 Å². The molecule has 0 bridgehead atoms. The number of epoxide rings is 1. The highest BCUT2D eigenvalue weighted by atomic mass is 16.7. The van der Waals surface area contributed by atoms with Crippen molar-refractivity contribution >= 4 is 17.7 Å². The van der Waals surface area contributed by atoms with Crippen LogP contribution in [0.2, 0.25) is 0 Å². The summed E-state index contributed by atoms with van der Waals surface area (Å²) in [5.41, 5.74) is -2.90. The Labute approximate surface area is 170 Å². The van der Waals surface area contributed by atoms with Crippen LogP contribution >= 0.6 is 0 Å². The summed E-state index contributed by atoms with van der Waals surface area (Å²) in [5, 5.41) is 20.7. The predicted molar refractivity (Wildman–Crippen MR) is 102 cm³/mol. The van der Waals surface area contributed by atoms with Crippen molar-refractivity contribution in [2.75, 3.05) is 33.9 Å². The van der Waals surface area contributed by atoms with Gasteiger partial charge >= 0.3 is 11.9 Å². The van der Waals surface area contributed by atoms with Crippen molar-refractivity contribution in [3.8, 4) is 0 Å². The van der Waals surface area contributed by atoms with Crippen molar-refractivity contribution in [2.24, 2.45) is 5.92 Å². The van der Waals surface area contributed by atoms with E-state index in [0.717, 1.165) is 0 Å². The molecule has 0 aromatic rings. The third kappa shape index (κ3) is 5.03. The highest BCUT2D eigenvalue weighted by Gasteiger charge is 2.63. The van der Waals surface area contributed by atoms with Gasteiger partial charge in [-0.25, -0.2) is 9.59 Å². The molecule has 5 atom stereocenters. The van der Waals surface area contributed by atoms with Crippen molar-refractivity contribution in [3.63, 3.8) is 0 Å². The number of ketones is 1. The average Bonchev–Trinajstić information content (AvgIpc) is 3.33. The lowest BCUT2D eigenvalue weighted by Crippen LogP contribution is -2.46. The molecule has 0 amide bonds. The maximum absolute atomic E-state index is 12.5. The van der Waals surface area contributed by atoms with Gasteiger partial charge in [-0.15, -0.1) is 0 Å². The Morgan fingerprint density at radius 3 is 2.66 bits per heavy atom. The fourth-order valence-electron chi connectivity index (χ4n) is 3.39. The number of carbonyl (C=O) groups excluding carboxylic acids is 3. The molecule has 164 valence electrons. The van der Waals surface area contributed by atoms with E-state index in [-0.39, 0.29) is 24.7 Å². The lowest BCUT2D eigenvalue weighted by atomic mass is 9.82. The first kappa shape index (κ1) is 23.5. The summed E-state index contributed by atoms with van der Waals surface area (Å²) in [5.74, 6) is -2.64. The molecule has 0 aliphatic carbocycles. The molecule has 0 aromatic heterocycles. The highest BCUT2D eigenvalue weighted by Crippen LogP contribution is 2.44. The van der Waals surface area contributed by atoms with E-state index in [1.165, 1.54) is 14.0 Å². The molecule has 0 saturated carbocycles. The van der Waals surface area contributed by atoms with Crippen molar-refractivity contribution in [2.45, 2.75) is 57.0 Å². The molecule has 1 saturated heterocycles. The van der Waals surface area contributed by atoms with Crippen molar-refractivity contribution in [3.05, 3.63) is 11.6 Å². The van der Waals surface area contributed by atoms with Gasteiger partial charge in [0.25, 0.3) is 0 Å². The number of aliphatic hydroxyl groups is 2. The van der Waals surface area contributed by atoms with Crippen LogP contribution in [-0.2, 0) is 28.6 Å². The molecule has 9 nitrogen and oxygen atoms in total.